The second kappa shape index (κ2) is 8.32. The second-order valence-electron chi connectivity index (χ2n) is 5.95. The fourth-order valence-electron chi connectivity index (χ4n) is 3.08. The molecule has 5 heteroatoms. The van der Waals surface area contributed by atoms with Crippen LogP contribution in [0.25, 0.3) is 0 Å². The molecule has 1 aromatic rings. The second-order valence-corrected chi connectivity index (χ2v) is 5.95. The molecule has 0 spiro atoms. The van der Waals surface area contributed by atoms with Gasteiger partial charge in [0.1, 0.15) is 0 Å². The van der Waals surface area contributed by atoms with Crippen LogP contribution in [0, 0.1) is 5.92 Å². The number of carbonyl (C=O) groups is 1. The van der Waals surface area contributed by atoms with Crippen LogP contribution in [0.15, 0.2) is 0 Å². The molecule has 0 saturated carbocycles. The number of aryl methyl sites for hydroxylation is 1. The molecule has 5 nitrogen and oxygen atoms in total. The van der Waals surface area contributed by atoms with Crippen LogP contribution in [0.3, 0.4) is 0 Å². The normalized spacial score (nSPS) is 14.2. The molecule has 1 N–H and O–H groups in total. The fourth-order valence-corrected chi connectivity index (χ4v) is 3.08. The maximum absolute atomic E-state index is 12.0. The van der Waals surface area contributed by atoms with Crippen molar-refractivity contribution in [1.29, 1.82) is 0 Å². The van der Waals surface area contributed by atoms with Gasteiger partial charge in [0.2, 0.25) is 5.91 Å². The van der Waals surface area contributed by atoms with Gasteiger partial charge in [0.25, 0.3) is 0 Å². The summed E-state index contributed by atoms with van der Waals surface area (Å²) in [6, 6.07) is 0. The first-order valence-electron chi connectivity index (χ1n) is 8.64. The number of hydrogen-bond acceptors (Lipinski definition) is 3. The Balaban J connectivity index is 1.96. The quantitative estimate of drug-likeness (QED) is 0.802. The first kappa shape index (κ1) is 17.0. The highest BCUT2D eigenvalue weighted by atomic mass is 16.5. The smallest absolute Gasteiger partial charge is 0.223 e. The number of nitrogens with zero attached hydrogens (tertiary/aromatic N) is 2. The van der Waals surface area contributed by atoms with Gasteiger partial charge in [-0.05, 0) is 19.3 Å². The molecule has 1 aromatic heterocycles. The number of aromatic nitrogens is 2. The predicted molar refractivity (Wildman–Crippen MR) is 86.7 cm³/mol. The molecule has 0 saturated heterocycles. The number of hydrogen-bond donors (Lipinski definition) is 1. The number of ether oxygens (including phenoxy) is 1. The zero-order valence-corrected chi connectivity index (χ0v) is 14.2. The Kier molecular flexibility index (Phi) is 6.43. The minimum absolute atomic E-state index is 0.134. The lowest BCUT2D eigenvalue weighted by Gasteiger charge is -2.15. The van der Waals surface area contributed by atoms with Gasteiger partial charge in [0.15, 0.2) is 0 Å². The van der Waals surface area contributed by atoms with E-state index in [-0.39, 0.29) is 11.8 Å². The average molecular weight is 307 g/mol. The third-order valence-corrected chi connectivity index (χ3v) is 4.43. The number of fused-ring (bicyclic) bond motifs is 1. The summed E-state index contributed by atoms with van der Waals surface area (Å²) in [5.41, 5.74) is 3.67. The van der Waals surface area contributed by atoms with Crippen LogP contribution in [0.4, 0.5) is 0 Å². The van der Waals surface area contributed by atoms with Gasteiger partial charge in [-0.25, -0.2) is 0 Å². The Hall–Kier alpha value is -1.36. The van der Waals surface area contributed by atoms with Crippen molar-refractivity contribution in [2.24, 2.45) is 5.92 Å². The number of carbonyl (C=O) groups excluding carboxylic acids is 1. The van der Waals surface area contributed by atoms with E-state index in [0.29, 0.717) is 13.2 Å². The van der Waals surface area contributed by atoms with Crippen molar-refractivity contribution in [3.8, 4) is 0 Å². The molecule has 0 fully saturated rings. The van der Waals surface area contributed by atoms with Crippen molar-refractivity contribution < 1.29 is 9.53 Å². The minimum Gasteiger partial charge on any atom is -0.376 e. The Morgan fingerprint density at radius 3 is 2.82 bits per heavy atom. The molecule has 124 valence electrons. The third-order valence-electron chi connectivity index (χ3n) is 4.43. The molecular weight excluding hydrogens is 278 g/mol. The monoisotopic (exact) mass is 307 g/mol. The Labute approximate surface area is 133 Å². The van der Waals surface area contributed by atoms with E-state index < -0.39 is 0 Å². The molecule has 0 unspecified atom stereocenters. The molecule has 2 heterocycles. The van der Waals surface area contributed by atoms with Gasteiger partial charge in [0, 0.05) is 43.1 Å². The van der Waals surface area contributed by atoms with E-state index in [1.165, 1.54) is 11.3 Å². The molecular formula is C17H29N3O2. The van der Waals surface area contributed by atoms with Gasteiger partial charge in [-0.3, -0.25) is 9.48 Å². The first-order valence-corrected chi connectivity index (χ1v) is 8.64. The summed E-state index contributed by atoms with van der Waals surface area (Å²) >= 11 is 0. The van der Waals surface area contributed by atoms with Crippen LogP contribution < -0.4 is 5.32 Å². The standard InChI is InChI=1S/C17H29N3O2/c1-4-10-20-16-8-11-22-12-14(16)15(19-20)7-9-18-17(21)13(5-2)6-3/h13H,4-12H2,1-3H3,(H,18,21). The largest absolute Gasteiger partial charge is 0.376 e. The van der Waals surface area contributed by atoms with E-state index in [2.05, 4.69) is 30.8 Å². The highest BCUT2D eigenvalue weighted by molar-refractivity contribution is 5.78. The summed E-state index contributed by atoms with van der Waals surface area (Å²) in [6.07, 6.45) is 4.62. The highest BCUT2D eigenvalue weighted by Gasteiger charge is 2.21. The van der Waals surface area contributed by atoms with Gasteiger partial charge < -0.3 is 10.1 Å². The van der Waals surface area contributed by atoms with Gasteiger partial charge >= 0.3 is 0 Å². The zero-order chi connectivity index (χ0) is 15.9. The van der Waals surface area contributed by atoms with Crippen molar-refractivity contribution in [3.05, 3.63) is 17.0 Å². The Morgan fingerprint density at radius 1 is 1.36 bits per heavy atom. The summed E-state index contributed by atoms with van der Waals surface area (Å²) in [6.45, 7) is 9.36. The molecule has 2 rings (SSSR count). The van der Waals surface area contributed by atoms with E-state index >= 15 is 0 Å². The van der Waals surface area contributed by atoms with Gasteiger partial charge in [-0.15, -0.1) is 0 Å². The van der Waals surface area contributed by atoms with Gasteiger partial charge in [0.05, 0.1) is 18.9 Å². The van der Waals surface area contributed by atoms with Crippen LogP contribution in [0.2, 0.25) is 0 Å². The molecule has 0 aromatic carbocycles. The van der Waals surface area contributed by atoms with Crippen LogP contribution >= 0.6 is 0 Å². The summed E-state index contributed by atoms with van der Waals surface area (Å²) in [5, 5.41) is 7.80. The molecule has 1 aliphatic heterocycles. The van der Waals surface area contributed by atoms with E-state index in [1.54, 1.807) is 0 Å². The zero-order valence-electron chi connectivity index (χ0n) is 14.2. The van der Waals surface area contributed by atoms with Crippen molar-refractivity contribution >= 4 is 5.91 Å². The summed E-state index contributed by atoms with van der Waals surface area (Å²) in [5.74, 6) is 0.304. The average Bonchev–Trinajstić information content (AvgIpc) is 2.87. The Morgan fingerprint density at radius 2 is 2.14 bits per heavy atom. The third kappa shape index (κ3) is 3.88. The SMILES string of the molecule is CCCn1nc(CCNC(=O)C(CC)CC)c2c1CCOC2. The number of amides is 1. The summed E-state index contributed by atoms with van der Waals surface area (Å²) in [4.78, 5) is 12.0. The van der Waals surface area contributed by atoms with Crippen molar-refractivity contribution in [2.75, 3.05) is 13.2 Å². The molecule has 1 aliphatic rings. The van der Waals surface area contributed by atoms with Crippen molar-refractivity contribution in [2.45, 2.75) is 66.0 Å². The fraction of sp³-hybridized carbons (Fsp3) is 0.765. The van der Waals surface area contributed by atoms with Crippen molar-refractivity contribution in [1.82, 2.24) is 15.1 Å². The van der Waals surface area contributed by atoms with E-state index in [9.17, 15) is 4.79 Å². The van der Waals surface area contributed by atoms with Crippen LogP contribution in [0.5, 0.6) is 0 Å². The maximum atomic E-state index is 12.0. The molecule has 0 radical (unpaired) electrons. The summed E-state index contributed by atoms with van der Waals surface area (Å²) < 4.78 is 7.72. The molecule has 0 bridgehead atoms. The first-order chi connectivity index (χ1) is 10.7. The van der Waals surface area contributed by atoms with Crippen LogP contribution in [0.1, 0.15) is 57.0 Å². The van der Waals surface area contributed by atoms with E-state index in [0.717, 1.165) is 50.9 Å². The van der Waals surface area contributed by atoms with Crippen LogP contribution in [-0.4, -0.2) is 28.8 Å². The lowest BCUT2D eigenvalue weighted by atomic mass is 10.0. The maximum Gasteiger partial charge on any atom is 0.223 e. The Bertz CT molecular complexity index is 492. The van der Waals surface area contributed by atoms with Gasteiger partial charge in [-0.1, -0.05) is 20.8 Å². The molecule has 0 aliphatic carbocycles. The summed E-state index contributed by atoms with van der Waals surface area (Å²) in [7, 11) is 0. The predicted octanol–water partition coefficient (Wildman–Crippen LogP) is 2.46. The minimum atomic E-state index is 0.134. The van der Waals surface area contributed by atoms with E-state index in [4.69, 9.17) is 9.84 Å². The van der Waals surface area contributed by atoms with Crippen molar-refractivity contribution in [3.63, 3.8) is 0 Å². The lowest BCUT2D eigenvalue weighted by Crippen LogP contribution is -2.31. The number of nitrogens with one attached hydrogen (secondary N) is 1. The van der Waals surface area contributed by atoms with E-state index in [1.807, 2.05) is 0 Å². The van der Waals surface area contributed by atoms with Crippen LogP contribution in [-0.2, 0) is 35.5 Å². The molecule has 22 heavy (non-hydrogen) atoms. The molecule has 1 amide bonds. The topological polar surface area (TPSA) is 56.2 Å². The molecule has 0 atom stereocenters. The van der Waals surface area contributed by atoms with Gasteiger partial charge in [-0.2, -0.15) is 5.10 Å². The highest BCUT2D eigenvalue weighted by Crippen LogP contribution is 2.21. The number of rotatable bonds is 8. The lowest BCUT2D eigenvalue weighted by molar-refractivity contribution is -0.125.